The highest BCUT2D eigenvalue weighted by atomic mass is 32.1. The fourth-order valence-corrected chi connectivity index (χ4v) is 4.08. The lowest BCUT2D eigenvalue weighted by Gasteiger charge is -2.34. The Labute approximate surface area is 160 Å². The molecule has 3 heterocycles. The van der Waals surface area contributed by atoms with Crippen molar-refractivity contribution < 1.29 is 9.47 Å². The minimum atomic E-state index is -0.195. The van der Waals surface area contributed by atoms with Gasteiger partial charge in [0, 0.05) is 29.8 Å². The number of hydrogen-bond donors (Lipinski definition) is 0. The van der Waals surface area contributed by atoms with Crippen molar-refractivity contribution in [1.29, 1.82) is 0 Å². The van der Waals surface area contributed by atoms with Crippen molar-refractivity contribution in [2.45, 2.75) is 64.9 Å². The Morgan fingerprint density at radius 1 is 1.27 bits per heavy atom. The van der Waals surface area contributed by atoms with E-state index in [4.69, 9.17) is 26.7 Å². The van der Waals surface area contributed by atoms with Crippen molar-refractivity contribution in [1.82, 2.24) is 9.55 Å². The van der Waals surface area contributed by atoms with Crippen LogP contribution >= 0.6 is 12.2 Å². The summed E-state index contributed by atoms with van der Waals surface area (Å²) in [7, 11) is 0. The molecule has 0 amide bonds. The first kappa shape index (κ1) is 17.8. The maximum Gasteiger partial charge on any atom is 0.141 e. The van der Waals surface area contributed by atoms with E-state index >= 15 is 0 Å². The van der Waals surface area contributed by atoms with Crippen LogP contribution in [-0.2, 0) is 29.0 Å². The number of ether oxygens (including phenoxy) is 2. The molecule has 0 N–H and O–H groups in total. The first-order valence-corrected chi connectivity index (χ1v) is 9.79. The predicted octanol–water partition coefficient (Wildman–Crippen LogP) is 4.62. The summed E-state index contributed by atoms with van der Waals surface area (Å²) in [5.74, 6) is 0.946. The topological polar surface area (TPSA) is 36.3 Å². The molecule has 2 aliphatic heterocycles. The minimum Gasteiger partial charge on any atom is -0.376 e. The first-order valence-electron chi connectivity index (χ1n) is 9.38. The van der Waals surface area contributed by atoms with Crippen molar-refractivity contribution in [2.24, 2.45) is 0 Å². The van der Waals surface area contributed by atoms with Crippen LogP contribution in [0.2, 0.25) is 0 Å². The summed E-state index contributed by atoms with van der Waals surface area (Å²) in [6.07, 6.45) is 3.32. The number of hydrogen-bond acceptors (Lipinski definition) is 4. The Balaban J connectivity index is 1.87. The van der Waals surface area contributed by atoms with Crippen LogP contribution in [0.1, 0.15) is 43.5 Å². The number of benzene rings is 1. The van der Waals surface area contributed by atoms with E-state index in [1.54, 1.807) is 0 Å². The van der Waals surface area contributed by atoms with Gasteiger partial charge in [0.05, 0.1) is 24.9 Å². The lowest BCUT2D eigenvalue weighted by Crippen LogP contribution is -2.36. The first-order chi connectivity index (χ1) is 12.4. The Morgan fingerprint density at radius 2 is 2.04 bits per heavy atom. The number of aromatic nitrogens is 2. The molecule has 1 saturated heterocycles. The molecule has 1 fully saturated rings. The number of rotatable bonds is 3. The van der Waals surface area contributed by atoms with Gasteiger partial charge in [-0.3, -0.25) is 0 Å². The fraction of sp³-hybridized carbons (Fsp3) is 0.524. The van der Waals surface area contributed by atoms with Gasteiger partial charge in [-0.25, -0.2) is 4.98 Å². The normalized spacial score (nSPS) is 21.6. The van der Waals surface area contributed by atoms with Crippen LogP contribution in [0, 0.1) is 11.6 Å². The molecule has 0 spiro atoms. The second-order valence-corrected chi connectivity index (χ2v) is 8.39. The SMILES string of the molecule is Cc1ccc(-c2nc(=S)c3c(n2C[C@H]2CCCO2)CC(C)(C)OC3)cc1. The van der Waals surface area contributed by atoms with Crippen molar-refractivity contribution in [3.8, 4) is 11.4 Å². The maximum absolute atomic E-state index is 6.01. The molecule has 5 heteroatoms. The summed E-state index contributed by atoms with van der Waals surface area (Å²) in [6, 6.07) is 8.52. The molecular weight excluding hydrogens is 344 g/mol. The average molecular weight is 371 g/mol. The van der Waals surface area contributed by atoms with Gasteiger partial charge in [-0.15, -0.1) is 0 Å². The third-order valence-corrected chi connectivity index (χ3v) is 5.65. The maximum atomic E-state index is 6.01. The molecule has 4 rings (SSSR count). The van der Waals surface area contributed by atoms with Gasteiger partial charge in [0.25, 0.3) is 0 Å². The zero-order chi connectivity index (χ0) is 18.3. The molecule has 0 bridgehead atoms. The Kier molecular flexibility index (Phi) is 4.71. The third-order valence-electron chi connectivity index (χ3n) is 5.32. The zero-order valence-electron chi connectivity index (χ0n) is 15.7. The largest absolute Gasteiger partial charge is 0.376 e. The van der Waals surface area contributed by atoms with E-state index in [1.165, 1.54) is 11.3 Å². The van der Waals surface area contributed by atoms with E-state index in [0.717, 1.165) is 49.4 Å². The standard InChI is InChI=1S/C21H26N2O2S/c1-14-6-8-15(9-7-14)19-22-20(26)17-13-25-21(2,3)11-18(17)23(19)12-16-5-4-10-24-16/h6-9,16H,4-5,10-13H2,1-3H3/t16-/m1/s1. The van der Waals surface area contributed by atoms with Gasteiger partial charge in [-0.1, -0.05) is 42.0 Å². The second-order valence-electron chi connectivity index (χ2n) is 8.00. The van der Waals surface area contributed by atoms with Crippen LogP contribution in [0.25, 0.3) is 11.4 Å². The van der Waals surface area contributed by atoms with Gasteiger partial charge in [-0.05, 0) is 33.6 Å². The van der Waals surface area contributed by atoms with Gasteiger partial charge in [0.15, 0.2) is 0 Å². The Hall–Kier alpha value is -1.56. The molecule has 0 aliphatic carbocycles. The number of aryl methyl sites for hydroxylation is 1. The van der Waals surface area contributed by atoms with Crippen molar-refractivity contribution >= 4 is 12.2 Å². The molecule has 0 radical (unpaired) electrons. The molecule has 1 aromatic carbocycles. The van der Waals surface area contributed by atoms with Crippen LogP contribution in [0.3, 0.4) is 0 Å². The molecule has 0 unspecified atom stereocenters. The summed E-state index contributed by atoms with van der Waals surface area (Å²) in [6.45, 7) is 8.60. The minimum absolute atomic E-state index is 0.195. The monoisotopic (exact) mass is 370 g/mol. The molecule has 138 valence electrons. The Bertz CT molecular complexity index is 865. The van der Waals surface area contributed by atoms with Crippen LogP contribution < -0.4 is 0 Å². The van der Waals surface area contributed by atoms with Gasteiger partial charge >= 0.3 is 0 Å². The van der Waals surface area contributed by atoms with Crippen LogP contribution in [0.5, 0.6) is 0 Å². The molecular formula is C21H26N2O2S. The van der Waals surface area contributed by atoms with E-state index in [-0.39, 0.29) is 11.7 Å². The van der Waals surface area contributed by atoms with Crippen LogP contribution in [0.4, 0.5) is 0 Å². The predicted molar refractivity (Wildman–Crippen MR) is 105 cm³/mol. The lowest BCUT2D eigenvalue weighted by molar-refractivity contribution is -0.0433. The summed E-state index contributed by atoms with van der Waals surface area (Å²) >= 11 is 5.63. The van der Waals surface area contributed by atoms with E-state index < -0.39 is 0 Å². The van der Waals surface area contributed by atoms with E-state index in [2.05, 4.69) is 49.6 Å². The highest BCUT2D eigenvalue weighted by Gasteiger charge is 2.31. The zero-order valence-corrected chi connectivity index (χ0v) is 16.6. The molecule has 2 aromatic rings. The molecule has 26 heavy (non-hydrogen) atoms. The summed E-state index contributed by atoms with van der Waals surface area (Å²) in [5.41, 5.74) is 4.47. The van der Waals surface area contributed by atoms with E-state index in [9.17, 15) is 0 Å². The van der Waals surface area contributed by atoms with Crippen molar-refractivity contribution in [3.05, 3.63) is 45.7 Å². The van der Waals surface area contributed by atoms with Gasteiger partial charge in [0.1, 0.15) is 10.5 Å². The van der Waals surface area contributed by atoms with Gasteiger partial charge in [-0.2, -0.15) is 0 Å². The number of fused-ring (bicyclic) bond motifs is 1. The molecule has 0 saturated carbocycles. The highest BCUT2D eigenvalue weighted by Crippen LogP contribution is 2.32. The summed E-state index contributed by atoms with van der Waals surface area (Å²) in [5, 5.41) is 0. The van der Waals surface area contributed by atoms with Gasteiger partial charge < -0.3 is 14.0 Å². The fourth-order valence-electron chi connectivity index (χ4n) is 3.82. The molecule has 4 nitrogen and oxygen atoms in total. The second kappa shape index (κ2) is 6.87. The quantitative estimate of drug-likeness (QED) is 0.739. The van der Waals surface area contributed by atoms with Crippen LogP contribution in [-0.4, -0.2) is 27.9 Å². The van der Waals surface area contributed by atoms with E-state index in [1.807, 2.05) is 0 Å². The summed E-state index contributed by atoms with van der Waals surface area (Å²) in [4.78, 5) is 4.82. The average Bonchev–Trinajstić information content (AvgIpc) is 3.10. The van der Waals surface area contributed by atoms with Crippen molar-refractivity contribution in [3.63, 3.8) is 0 Å². The molecule has 2 aliphatic rings. The molecule has 1 aromatic heterocycles. The number of nitrogens with zero attached hydrogens (tertiary/aromatic N) is 2. The lowest BCUT2D eigenvalue weighted by atomic mass is 9.95. The van der Waals surface area contributed by atoms with Crippen LogP contribution in [0.15, 0.2) is 24.3 Å². The van der Waals surface area contributed by atoms with Crippen molar-refractivity contribution in [2.75, 3.05) is 6.61 Å². The smallest absolute Gasteiger partial charge is 0.141 e. The van der Waals surface area contributed by atoms with E-state index in [0.29, 0.717) is 11.2 Å². The van der Waals surface area contributed by atoms with Gasteiger partial charge in [0.2, 0.25) is 0 Å². The highest BCUT2D eigenvalue weighted by molar-refractivity contribution is 7.71. The summed E-state index contributed by atoms with van der Waals surface area (Å²) < 4.78 is 14.9. The third kappa shape index (κ3) is 3.48. The molecule has 1 atom stereocenters. The Morgan fingerprint density at radius 3 is 2.73 bits per heavy atom.